The van der Waals surface area contributed by atoms with Crippen LogP contribution in [0.15, 0.2) is 66.7 Å². The maximum absolute atomic E-state index is 11.8. The van der Waals surface area contributed by atoms with E-state index in [1.54, 1.807) is 39.8 Å². The van der Waals surface area contributed by atoms with Gasteiger partial charge in [-0.25, -0.2) is 4.79 Å². The van der Waals surface area contributed by atoms with Crippen LogP contribution in [0.25, 0.3) is 38.8 Å². The molecule has 3 aromatic carbocycles. The number of hydrogen-bond donors (Lipinski definition) is 3. The van der Waals surface area contributed by atoms with Gasteiger partial charge in [0.1, 0.15) is 6.16 Å². The minimum Gasteiger partial charge on any atom is -0.466 e. The van der Waals surface area contributed by atoms with Crippen molar-refractivity contribution in [2.45, 2.75) is 85.6 Å². The number of carbonyl (C=O) groups excluding carboxylic acids is 3. The molecule has 15 heteroatoms. The molecule has 0 radical (unpaired) electrons. The number of aromatic amines is 3. The molecule has 0 unspecified atom stereocenters. The summed E-state index contributed by atoms with van der Waals surface area (Å²) >= 11 is 17.6. The molecule has 0 fully saturated rings. The average Bonchev–Trinajstić information content (AvgIpc) is 3.77. The number of halogens is 3. The van der Waals surface area contributed by atoms with Gasteiger partial charge in [-0.1, -0.05) is 90.1 Å². The molecule has 3 N–H and O–H groups in total. The van der Waals surface area contributed by atoms with E-state index in [0.29, 0.717) is 22.2 Å². The molecular formula is C46H67Cl3N3O8P. The van der Waals surface area contributed by atoms with Crippen LogP contribution in [0.4, 0.5) is 0 Å². The molecule has 3 aromatic heterocycles. The summed E-state index contributed by atoms with van der Waals surface area (Å²) in [6.45, 7) is 13.9. The van der Waals surface area contributed by atoms with E-state index in [0.717, 1.165) is 55.6 Å². The van der Waals surface area contributed by atoms with Gasteiger partial charge in [-0.15, -0.1) is 0 Å². The topological polar surface area (TPSA) is 153 Å². The number of aromatic nitrogens is 3. The van der Waals surface area contributed by atoms with Gasteiger partial charge in [0.2, 0.25) is 0 Å². The molecule has 0 saturated heterocycles. The lowest BCUT2D eigenvalue weighted by atomic mass is 10.1. The Morgan fingerprint density at radius 1 is 0.623 bits per heavy atom. The molecule has 0 aliphatic carbocycles. The molecule has 0 amide bonds. The SMILES string of the molecule is C.C.C.C.C.CCOC(=O)/C=C/c1c(C)[nH]c2cc(Cl)ccc12.CCOC(=O)CP(=O)(OCC)OCC.Cc1[nH]c2cc(Cl)ccc2c1C=O.Cc1cc2ccc(Cl)cc2[nH]1. The van der Waals surface area contributed by atoms with Crippen LogP contribution in [0.5, 0.6) is 0 Å². The molecule has 0 bridgehead atoms. The monoisotopic (exact) mass is 925 g/mol. The number of benzene rings is 3. The number of ether oxygens (including phenoxy) is 2. The fraction of sp³-hybridized carbons (Fsp3) is 0.370. The number of rotatable bonds is 11. The van der Waals surface area contributed by atoms with Crippen LogP contribution in [0.1, 0.15) is 97.8 Å². The van der Waals surface area contributed by atoms with Crippen molar-refractivity contribution in [2.24, 2.45) is 0 Å². The quantitative estimate of drug-likeness (QED) is 0.0502. The second-order valence-corrected chi connectivity index (χ2v) is 15.4. The van der Waals surface area contributed by atoms with Crippen LogP contribution in [-0.4, -0.2) is 65.8 Å². The highest BCUT2D eigenvalue weighted by Crippen LogP contribution is 2.47. The molecular weight excluding hydrogens is 860 g/mol. The first kappa shape index (κ1) is 61.0. The molecule has 340 valence electrons. The zero-order valence-electron chi connectivity index (χ0n) is 32.4. The van der Waals surface area contributed by atoms with Crippen molar-refractivity contribution in [3.8, 4) is 0 Å². The van der Waals surface area contributed by atoms with E-state index in [-0.39, 0.29) is 69.1 Å². The standard InChI is InChI=1S/C14H14ClNO2.C10H8ClNO.C9H8ClN.C8H17O5P.5CH4/c1-3-18-14(17)7-6-11-9(2)16-13-8-10(15)4-5-12(11)13;1-6-9(5-13)8-3-2-7(11)4-10(8)12-6;1-6-4-7-2-3-8(10)5-9(7)11-6;1-4-11-8(9)7-14(10,12-5-2)13-6-3;;;;;/h4-8,16H,3H2,1-2H3;2-5,12H,1H3;2-5,11H,1H3;4-7H2,1-3H3;5*1H4/b7-6+;;;;;;;;. The minimum atomic E-state index is -3.28. The molecule has 3 heterocycles. The minimum absolute atomic E-state index is 0. The van der Waals surface area contributed by atoms with Gasteiger partial charge < -0.3 is 33.5 Å². The third kappa shape index (κ3) is 18.7. The van der Waals surface area contributed by atoms with Crippen molar-refractivity contribution in [3.63, 3.8) is 0 Å². The van der Waals surface area contributed by atoms with E-state index in [9.17, 15) is 18.9 Å². The Hall–Kier alpha value is -4.35. The van der Waals surface area contributed by atoms with Crippen molar-refractivity contribution in [1.82, 2.24) is 15.0 Å². The van der Waals surface area contributed by atoms with Gasteiger partial charge in [0, 0.05) is 76.7 Å². The summed E-state index contributed by atoms with van der Waals surface area (Å²) in [5.74, 6) is -0.891. The lowest BCUT2D eigenvalue weighted by molar-refractivity contribution is -0.140. The Balaban J connectivity index is -0.000000725. The Bertz CT molecular complexity index is 2320. The number of aryl methyl sites for hydroxylation is 3. The van der Waals surface area contributed by atoms with Crippen molar-refractivity contribution in [1.29, 1.82) is 0 Å². The number of nitrogens with one attached hydrogen (secondary N) is 3. The highest BCUT2D eigenvalue weighted by Gasteiger charge is 2.28. The Morgan fingerprint density at radius 3 is 1.56 bits per heavy atom. The number of H-pyrrole nitrogens is 3. The zero-order chi connectivity index (χ0) is 41.4. The lowest BCUT2D eigenvalue weighted by Crippen LogP contribution is -2.12. The van der Waals surface area contributed by atoms with Gasteiger partial charge in [0.05, 0.1) is 26.4 Å². The summed E-state index contributed by atoms with van der Waals surface area (Å²) in [5, 5.41) is 5.32. The highest BCUT2D eigenvalue weighted by atomic mass is 35.5. The molecule has 61 heavy (non-hydrogen) atoms. The third-order valence-corrected chi connectivity index (χ3v) is 10.4. The van der Waals surface area contributed by atoms with Gasteiger partial charge in [-0.3, -0.25) is 14.2 Å². The number of fused-ring (bicyclic) bond motifs is 3. The van der Waals surface area contributed by atoms with E-state index in [1.165, 1.54) is 17.2 Å². The number of carbonyl (C=O) groups is 3. The van der Waals surface area contributed by atoms with Crippen LogP contribution < -0.4 is 0 Å². The smallest absolute Gasteiger partial charge is 0.341 e. The molecule has 0 aliphatic heterocycles. The van der Waals surface area contributed by atoms with Crippen LogP contribution in [0.2, 0.25) is 15.1 Å². The number of esters is 2. The predicted octanol–water partition coefficient (Wildman–Crippen LogP) is 14.8. The predicted molar refractivity (Wildman–Crippen MR) is 261 cm³/mol. The van der Waals surface area contributed by atoms with Crippen LogP contribution in [-0.2, 0) is 32.7 Å². The first-order valence-electron chi connectivity index (χ1n) is 17.8. The summed E-state index contributed by atoms with van der Waals surface area (Å²) in [6, 6.07) is 19.0. The Morgan fingerprint density at radius 2 is 1.08 bits per heavy atom. The number of aldehydes is 1. The van der Waals surface area contributed by atoms with Gasteiger partial charge in [-0.2, -0.15) is 0 Å². The highest BCUT2D eigenvalue weighted by molar-refractivity contribution is 7.54. The summed E-state index contributed by atoms with van der Waals surface area (Å²) in [7, 11) is -3.28. The van der Waals surface area contributed by atoms with E-state index in [2.05, 4.69) is 25.8 Å². The van der Waals surface area contributed by atoms with Crippen LogP contribution in [0.3, 0.4) is 0 Å². The van der Waals surface area contributed by atoms with Gasteiger partial charge in [0.15, 0.2) is 6.29 Å². The zero-order valence-corrected chi connectivity index (χ0v) is 35.6. The van der Waals surface area contributed by atoms with Crippen LogP contribution in [0, 0.1) is 20.8 Å². The normalized spacial score (nSPS) is 10.1. The average molecular weight is 927 g/mol. The summed E-state index contributed by atoms with van der Waals surface area (Å²) in [5.41, 5.74) is 7.72. The van der Waals surface area contributed by atoms with Crippen molar-refractivity contribution < 1.29 is 37.5 Å². The summed E-state index contributed by atoms with van der Waals surface area (Å²) in [6.07, 6.45) is 3.75. The van der Waals surface area contributed by atoms with Gasteiger partial charge >= 0.3 is 19.5 Å². The van der Waals surface area contributed by atoms with Gasteiger partial charge in [0.25, 0.3) is 0 Å². The van der Waals surface area contributed by atoms with Crippen molar-refractivity contribution >= 4 is 99.4 Å². The fourth-order valence-electron chi connectivity index (χ4n) is 5.49. The van der Waals surface area contributed by atoms with E-state index < -0.39 is 13.6 Å². The Labute approximate surface area is 378 Å². The molecule has 0 saturated carbocycles. The molecule has 6 aromatic rings. The maximum atomic E-state index is 11.8. The maximum Gasteiger partial charge on any atom is 0.341 e. The third-order valence-electron chi connectivity index (χ3n) is 7.79. The summed E-state index contributed by atoms with van der Waals surface area (Å²) < 4.78 is 31.1. The Kier molecular flexibility index (Phi) is 29.8. The van der Waals surface area contributed by atoms with Crippen molar-refractivity contribution in [2.75, 3.05) is 32.6 Å². The van der Waals surface area contributed by atoms with E-state index in [4.69, 9.17) is 48.6 Å². The molecule has 0 atom stereocenters. The van der Waals surface area contributed by atoms with E-state index >= 15 is 0 Å². The number of hydrogen-bond acceptors (Lipinski definition) is 8. The van der Waals surface area contributed by atoms with E-state index in [1.807, 2.05) is 69.3 Å². The van der Waals surface area contributed by atoms with Crippen molar-refractivity contribution in [3.05, 3.63) is 110 Å². The molecule has 6 rings (SSSR count). The molecule has 0 aliphatic rings. The lowest BCUT2D eigenvalue weighted by Gasteiger charge is -2.15. The second-order valence-electron chi connectivity index (χ2n) is 12.0. The second kappa shape index (κ2) is 29.8. The summed E-state index contributed by atoms with van der Waals surface area (Å²) in [4.78, 5) is 42.6. The first-order chi connectivity index (χ1) is 26.7. The van der Waals surface area contributed by atoms with Gasteiger partial charge in [-0.05, 0) is 102 Å². The molecule has 0 spiro atoms. The largest absolute Gasteiger partial charge is 0.466 e. The first-order valence-corrected chi connectivity index (χ1v) is 20.7. The fourth-order valence-corrected chi connectivity index (χ4v) is 7.46. The van der Waals surface area contributed by atoms with Crippen LogP contribution >= 0.6 is 42.4 Å². The molecule has 11 nitrogen and oxygen atoms in total.